The van der Waals surface area contributed by atoms with Gasteiger partial charge >= 0.3 is 12.2 Å². The highest BCUT2D eigenvalue weighted by Crippen LogP contribution is 2.21. The molecule has 0 saturated carbocycles. The summed E-state index contributed by atoms with van der Waals surface area (Å²) in [5.41, 5.74) is 1.07. The number of benzene rings is 1. The molecule has 0 aliphatic rings. The van der Waals surface area contributed by atoms with Crippen LogP contribution >= 0.6 is 11.3 Å². The number of nitrogens with one attached hydrogen (secondary N) is 1. The van der Waals surface area contributed by atoms with Crippen LogP contribution < -0.4 is 10.1 Å². The molecule has 0 spiro atoms. The number of ether oxygens (including phenoxy) is 1. The Morgan fingerprint density at radius 3 is 2.54 bits per heavy atom. The Morgan fingerprint density at radius 2 is 1.96 bits per heavy atom. The first kappa shape index (κ1) is 20.1. The topological polar surface area (TPSA) is 41.6 Å². The van der Waals surface area contributed by atoms with E-state index in [2.05, 4.69) is 12.2 Å². The van der Waals surface area contributed by atoms with E-state index < -0.39 is 18.8 Å². The average Bonchev–Trinajstić information content (AvgIpc) is 3.08. The standard InChI is InChI=1S/C18H21F3N2O2S/c1-2-3-9-25-16-6-4-15(5-7-16)22-17(24)23(13-18(19,20)21)11-14-8-10-26-12-14/h4-8,10,12H,2-3,9,11,13H2,1H3,(H,22,24). The van der Waals surface area contributed by atoms with Gasteiger partial charge in [0, 0.05) is 12.2 Å². The van der Waals surface area contributed by atoms with Crippen LogP contribution in [0, 0.1) is 0 Å². The summed E-state index contributed by atoms with van der Waals surface area (Å²) in [6.07, 6.45) is -2.51. The summed E-state index contributed by atoms with van der Waals surface area (Å²) in [7, 11) is 0. The number of unbranched alkanes of at least 4 members (excludes halogenated alkanes) is 1. The average molecular weight is 386 g/mol. The fourth-order valence-electron chi connectivity index (χ4n) is 2.19. The monoisotopic (exact) mass is 386 g/mol. The van der Waals surface area contributed by atoms with Gasteiger partial charge in [-0.1, -0.05) is 13.3 Å². The zero-order chi connectivity index (χ0) is 19.0. The van der Waals surface area contributed by atoms with Crippen LogP contribution in [-0.4, -0.2) is 30.3 Å². The maximum absolute atomic E-state index is 12.8. The number of alkyl halides is 3. The van der Waals surface area contributed by atoms with Gasteiger partial charge in [0.15, 0.2) is 0 Å². The van der Waals surface area contributed by atoms with E-state index in [-0.39, 0.29) is 6.54 Å². The Kier molecular flexibility index (Phi) is 7.32. The predicted molar refractivity (Wildman–Crippen MR) is 96.6 cm³/mol. The van der Waals surface area contributed by atoms with E-state index in [9.17, 15) is 18.0 Å². The van der Waals surface area contributed by atoms with Crippen molar-refractivity contribution in [2.24, 2.45) is 0 Å². The number of thiophene rings is 1. The number of amides is 2. The molecule has 0 aliphatic carbocycles. The fraction of sp³-hybridized carbons (Fsp3) is 0.389. The van der Waals surface area contributed by atoms with Crippen LogP contribution in [0.3, 0.4) is 0 Å². The molecule has 1 N–H and O–H groups in total. The Labute approximate surface area is 154 Å². The number of rotatable bonds is 8. The second kappa shape index (κ2) is 9.47. The molecular formula is C18H21F3N2O2S. The SMILES string of the molecule is CCCCOc1ccc(NC(=O)N(Cc2ccsc2)CC(F)(F)F)cc1. The molecule has 1 aromatic carbocycles. The first-order chi connectivity index (χ1) is 12.4. The first-order valence-electron chi connectivity index (χ1n) is 8.24. The molecule has 0 saturated heterocycles. The summed E-state index contributed by atoms with van der Waals surface area (Å²) in [6, 6.07) is 7.47. The number of urea groups is 1. The van der Waals surface area contributed by atoms with Crippen molar-refractivity contribution in [2.45, 2.75) is 32.5 Å². The molecule has 26 heavy (non-hydrogen) atoms. The van der Waals surface area contributed by atoms with Crippen LogP contribution in [0.25, 0.3) is 0 Å². The lowest BCUT2D eigenvalue weighted by molar-refractivity contribution is -0.140. The van der Waals surface area contributed by atoms with Crippen molar-refractivity contribution in [2.75, 3.05) is 18.5 Å². The van der Waals surface area contributed by atoms with Gasteiger partial charge in [-0.05, 0) is 53.1 Å². The van der Waals surface area contributed by atoms with Crippen molar-refractivity contribution in [1.82, 2.24) is 4.90 Å². The van der Waals surface area contributed by atoms with Gasteiger partial charge in [0.25, 0.3) is 0 Å². The van der Waals surface area contributed by atoms with E-state index in [1.54, 1.807) is 41.1 Å². The van der Waals surface area contributed by atoms with Gasteiger partial charge in [0.05, 0.1) is 6.61 Å². The number of carbonyl (C=O) groups excluding carboxylic acids is 1. The summed E-state index contributed by atoms with van der Waals surface area (Å²) in [6.45, 7) is 1.24. The van der Waals surface area contributed by atoms with E-state index in [1.165, 1.54) is 11.3 Å². The van der Waals surface area contributed by atoms with E-state index in [4.69, 9.17) is 4.74 Å². The zero-order valence-electron chi connectivity index (χ0n) is 14.4. The first-order valence-corrected chi connectivity index (χ1v) is 9.18. The molecule has 8 heteroatoms. The van der Waals surface area contributed by atoms with Crippen LogP contribution in [0.15, 0.2) is 41.1 Å². The summed E-state index contributed by atoms with van der Waals surface area (Å²) in [5, 5.41) is 5.99. The fourth-order valence-corrected chi connectivity index (χ4v) is 2.85. The molecule has 142 valence electrons. The molecule has 2 aromatic rings. The van der Waals surface area contributed by atoms with Crippen LogP contribution in [0.2, 0.25) is 0 Å². The molecule has 0 unspecified atom stereocenters. The van der Waals surface area contributed by atoms with Crippen LogP contribution in [0.4, 0.5) is 23.7 Å². The van der Waals surface area contributed by atoms with Crippen molar-refractivity contribution in [3.63, 3.8) is 0 Å². The largest absolute Gasteiger partial charge is 0.494 e. The van der Waals surface area contributed by atoms with Crippen molar-refractivity contribution < 1.29 is 22.7 Å². The van der Waals surface area contributed by atoms with E-state index in [0.717, 1.165) is 17.7 Å². The molecule has 0 atom stereocenters. The molecule has 0 radical (unpaired) electrons. The minimum absolute atomic E-state index is 0.104. The summed E-state index contributed by atoms with van der Waals surface area (Å²) in [5.74, 6) is 0.655. The molecule has 0 bridgehead atoms. The summed E-state index contributed by atoms with van der Waals surface area (Å²) >= 11 is 1.37. The second-order valence-electron chi connectivity index (χ2n) is 5.76. The molecule has 4 nitrogen and oxygen atoms in total. The highest BCUT2D eigenvalue weighted by atomic mass is 32.1. The van der Waals surface area contributed by atoms with Crippen molar-refractivity contribution in [1.29, 1.82) is 0 Å². The second-order valence-corrected chi connectivity index (χ2v) is 6.54. The number of halogens is 3. The van der Waals surface area contributed by atoms with Gasteiger partial charge in [0.1, 0.15) is 12.3 Å². The smallest absolute Gasteiger partial charge is 0.406 e. The van der Waals surface area contributed by atoms with Gasteiger partial charge in [-0.3, -0.25) is 0 Å². The van der Waals surface area contributed by atoms with Crippen LogP contribution in [0.5, 0.6) is 5.75 Å². The number of hydrogen-bond donors (Lipinski definition) is 1. The molecular weight excluding hydrogens is 365 g/mol. The van der Waals surface area contributed by atoms with Gasteiger partial charge in [0.2, 0.25) is 0 Å². The molecule has 2 amide bonds. The van der Waals surface area contributed by atoms with Gasteiger partial charge < -0.3 is 15.0 Å². The lowest BCUT2D eigenvalue weighted by Crippen LogP contribution is -2.40. The molecule has 0 fully saturated rings. The lowest BCUT2D eigenvalue weighted by Gasteiger charge is -2.24. The molecule has 1 heterocycles. The van der Waals surface area contributed by atoms with E-state index in [0.29, 0.717) is 23.6 Å². The van der Waals surface area contributed by atoms with Crippen molar-refractivity contribution >= 4 is 23.1 Å². The Hall–Kier alpha value is -2.22. The number of anilines is 1. The van der Waals surface area contributed by atoms with E-state index >= 15 is 0 Å². The zero-order valence-corrected chi connectivity index (χ0v) is 15.2. The molecule has 1 aromatic heterocycles. The number of carbonyl (C=O) groups is 1. The lowest BCUT2D eigenvalue weighted by atomic mass is 10.3. The minimum atomic E-state index is -4.47. The number of nitrogens with zero attached hydrogens (tertiary/aromatic N) is 1. The number of hydrogen-bond acceptors (Lipinski definition) is 3. The Morgan fingerprint density at radius 1 is 1.23 bits per heavy atom. The van der Waals surface area contributed by atoms with E-state index in [1.807, 2.05) is 0 Å². The normalized spacial score (nSPS) is 11.2. The highest BCUT2D eigenvalue weighted by Gasteiger charge is 2.33. The predicted octanol–water partition coefficient (Wildman–Crippen LogP) is 5.52. The van der Waals surface area contributed by atoms with Crippen LogP contribution in [0.1, 0.15) is 25.3 Å². The third kappa shape index (κ3) is 6.95. The van der Waals surface area contributed by atoms with Gasteiger partial charge in [-0.2, -0.15) is 24.5 Å². The quantitative estimate of drug-likeness (QED) is 0.607. The molecule has 2 rings (SSSR count). The maximum Gasteiger partial charge on any atom is 0.406 e. The summed E-state index contributed by atoms with van der Waals surface area (Å²) in [4.78, 5) is 13.0. The molecule has 0 aliphatic heterocycles. The van der Waals surface area contributed by atoms with Crippen molar-refractivity contribution in [3.05, 3.63) is 46.7 Å². The third-order valence-electron chi connectivity index (χ3n) is 3.48. The minimum Gasteiger partial charge on any atom is -0.494 e. The summed E-state index contributed by atoms with van der Waals surface area (Å²) < 4.78 is 43.9. The highest BCUT2D eigenvalue weighted by molar-refractivity contribution is 7.07. The Balaban J connectivity index is 1.98. The van der Waals surface area contributed by atoms with Crippen molar-refractivity contribution in [3.8, 4) is 5.75 Å². The third-order valence-corrected chi connectivity index (χ3v) is 4.22. The van der Waals surface area contributed by atoms with Crippen LogP contribution in [-0.2, 0) is 6.54 Å². The maximum atomic E-state index is 12.8. The Bertz CT molecular complexity index is 673. The van der Waals surface area contributed by atoms with Gasteiger partial charge in [-0.25, -0.2) is 4.79 Å². The van der Waals surface area contributed by atoms with Gasteiger partial charge in [-0.15, -0.1) is 0 Å².